The van der Waals surface area contributed by atoms with Crippen LogP contribution in [0.1, 0.15) is 0 Å². The Balaban J connectivity index is 2.30. The third-order valence-corrected chi connectivity index (χ3v) is 2.78. The van der Waals surface area contributed by atoms with Crippen LogP contribution in [0, 0.1) is 0 Å². The predicted molar refractivity (Wildman–Crippen MR) is 43.8 cm³/mol. The highest BCUT2D eigenvalue weighted by Gasteiger charge is 2.18. The van der Waals surface area contributed by atoms with E-state index in [2.05, 4.69) is 12.8 Å². The quantitative estimate of drug-likeness (QED) is 0.579. The van der Waals surface area contributed by atoms with Crippen LogP contribution in [-0.2, 0) is 4.74 Å². The van der Waals surface area contributed by atoms with Gasteiger partial charge in [0.15, 0.2) is 0 Å². The highest BCUT2D eigenvalue weighted by Crippen LogP contribution is 2.17. The molecule has 1 saturated heterocycles. The molecule has 0 N–H and O–H groups in total. The third-order valence-electron chi connectivity index (χ3n) is 1.33. The molecule has 0 radical (unpaired) electrons. The van der Waals surface area contributed by atoms with Gasteiger partial charge in [0.2, 0.25) is 0 Å². The number of methoxy groups -OCH3 is 1. The number of hydrogen-bond donors (Lipinski definition) is 1. The fourth-order valence-corrected chi connectivity index (χ4v) is 2.29. The van der Waals surface area contributed by atoms with Gasteiger partial charge in [-0.15, -0.1) is 0 Å². The fourth-order valence-electron chi connectivity index (χ4n) is 0.762. The molecule has 1 fully saturated rings. The van der Waals surface area contributed by atoms with Gasteiger partial charge in [0, 0.05) is 25.2 Å². The molecule has 1 unspecified atom stereocenters. The first kappa shape index (κ1) is 7.72. The van der Waals surface area contributed by atoms with Gasteiger partial charge >= 0.3 is 0 Å². The van der Waals surface area contributed by atoms with Crippen molar-refractivity contribution >= 4 is 24.6 Å². The highest BCUT2D eigenvalue weighted by molar-refractivity contribution is 7.99. The summed E-state index contributed by atoms with van der Waals surface area (Å²) < 4.78 is 7.07. The van der Waals surface area contributed by atoms with E-state index < -0.39 is 0 Å². The lowest BCUT2D eigenvalue weighted by molar-refractivity contribution is 0.0412. The van der Waals surface area contributed by atoms with Gasteiger partial charge in [0.1, 0.15) is 6.23 Å². The Bertz CT molecular complexity index is 91.0. The molecule has 54 valence electrons. The Morgan fingerprint density at radius 2 is 2.56 bits per heavy atom. The summed E-state index contributed by atoms with van der Waals surface area (Å²) in [4.78, 5) is 0. The average molecular weight is 165 g/mol. The number of nitrogens with zero attached hydrogens (tertiary/aromatic N) is 1. The van der Waals surface area contributed by atoms with Crippen LogP contribution >= 0.6 is 24.6 Å². The molecule has 0 spiro atoms. The predicted octanol–water partition coefficient (Wildman–Crippen LogP) is 0.853. The van der Waals surface area contributed by atoms with Crippen molar-refractivity contribution in [3.63, 3.8) is 0 Å². The SMILES string of the molecule is COC1CSCCN1S. The van der Waals surface area contributed by atoms with Gasteiger partial charge in [-0.05, 0) is 0 Å². The minimum Gasteiger partial charge on any atom is -0.365 e. The molecule has 9 heavy (non-hydrogen) atoms. The lowest BCUT2D eigenvalue weighted by Crippen LogP contribution is -2.36. The maximum atomic E-state index is 5.13. The molecule has 2 nitrogen and oxygen atoms in total. The van der Waals surface area contributed by atoms with E-state index in [0.717, 1.165) is 12.3 Å². The second kappa shape index (κ2) is 3.71. The summed E-state index contributed by atoms with van der Waals surface area (Å²) in [5, 5.41) is 0. The molecule has 0 aromatic rings. The summed E-state index contributed by atoms with van der Waals surface area (Å²) >= 11 is 6.15. The van der Waals surface area contributed by atoms with Gasteiger partial charge in [-0.25, -0.2) is 4.31 Å². The normalized spacial score (nSPS) is 30.7. The van der Waals surface area contributed by atoms with E-state index in [1.165, 1.54) is 5.75 Å². The summed E-state index contributed by atoms with van der Waals surface area (Å²) in [7, 11) is 1.72. The number of hydrogen-bond acceptors (Lipinski definition) is 4. The van der Waals surface area contributed by atoms with Crippen LogP contribution in [0.4, 0.5) is 0 Å². The van der Waals surface area contributed by atoms with Crippen molar-refractivity contribution in [3.8, 4) is 0 Å². The summed E-state index contributed by atoms with van der Waals surface area (Å²) in [6.45, 7) is 1.02. The van der Waals surface area contributed by atoms with E-state index in [9.17, 15) is 0 Å². The van der Waals surface area contributed by atoms with Crippen LogP contribution in [0.2, 0.25) is 0 Å². The Morgan fingerprint density at radius 3 is 3.00 bits per heavy atom. The summed E-state index contributed by atoms with van der Waals surface area (Å²) in [5.74, 6) is 2.21. The first-order chi connectivity index (χ1) is 4.34. The average Bonchev–Trinajstić information content (AvgIpc) is 1.89. The van der Waals surface area contributed by atoms with Gasteiger partial charge in [-0.1, -0.05) is 12.8 Å². The topological polar surface area (TPSA) is 12.5 Å². The Hall–Kier alpha value is 0.620. The van der Waals surface area contributed by atoms with E-state index >= 15 is 0 Å². The number of ether oxygens (including phenoxy) is 1. The maximum absolute atomic E-state index is 5.13. The van der Waals surface area contributed by atoms with E-state index in [4.69, 9.17) is 4.74 Å². The van der Waals surface area contributed by atoms with Crippen LogP contribution in [-0.4, -0.2) is 35.7 Å². The van der Waals surface area contributed by atoms with Crippen molar-refractivity contribution in [3.05, 3.63) is 0 Å². The standard InChI is InChI=1S/C5H11NOS2/c1-7-5-4-9-3-2-6(5)8/h5,8H,2-4H2,1H3. The fraction of sp³-hybridized carbons (Fsp3) is 1.00. The highest BCUT2D eigenvalue weighted by atomic mass is 32.2. The molecular formula is C5H11NOS2. The minimum atomic E-state index is 0.215. The molecule has 0 amide bonds. The zero-order valence-corrected chi connectivity index (χ0v) is 7.12. The number of thioether (sulfide) groups is 1. The molecule has 1 heterocycles. The molecule has 1 aliphatic heterocycles. The van der Waals surface area contributed by atoms with Crippen LogP contribution in [0.25, 0.3) is 0 Å². The maximum Gasteiger partial charge on any atom is 0.128 e. The smallest absolute Gasteiger partial charge is 0.128 e. The summed E-state index contributed by atoms with van der Waals surface area (Å²) in [6, 6.07) is 0. The third kappa shape index (κ3) is 2.04. The molecule has 0 bridgehead atoms. The number of rotatable bonds is 1. The molecular weight excluding hydrogens is 154 g/mol. The largest absolute Gasteiger partial charge is 0.365 e. The molecule has 1 aliphatic rings. The Morgan fingerprint density at radius 1 is 1.78 bits per heavy atom. The zero-order valence-electron chi connectivity index (χ0n) is 5.41. The zero-order chi connectivity index (χ0) is 6.69. The van der Waals surface area contributed by atoms with E-state index in [1.807, 2.05) is 16.1 Å². The van der Waals surface area contributed by atoms with Crippen molar-refractivity contribution in [2.45, 2.75) is 6.23 Å². The van der Waals surface area contributed by atoms with Crippen LogP contribution in [0.15, 0.2) is 0 Å². The molecule has 0 aliphatic carbocycles. The van der Waals surface area contributed by atoms with Gasteiger partial charge in [-0.2, -0.15) is 11.8 Å². The van der Waals surface area contributed by atoms with E-state index in [-0.39, 0.29) is 6.23 Å². The molecule has 1 atom stereocenters. The summed E-state index contributed by atoms with van der Waals surface area (Å²) in [5.41, 5.74) is 0. The molecule has 1 rings (SSSR count). The van der Waals surface area contributed by atoms with Crippen molar-refractivity contribution in [2.24, 2.45) is 0 Å². The Labute approximate surface area is 65.5 Å². The first-order valence-electron chi connectivity index (χ1n) is 2.90. The molecule has 0 saturated carbocycles. The first-order valence-corrected chi connectivity index (χ1v) is 4.46. The van der Waals surface area contributed by atoms with Crippen LogP contribution in [0.3, 0.4) is 0 Å². The van der Waals surface area contributed by atoms with Crippen LogP contribution < -0.4 is 0 Å². The lowest BCUT2D eigenvalue weighted by atomic mass is 10.6. The second-order valence-electron chi connectivity index (χ2n) is 1.93. The summed E-state index contributed by atoms with van der Waals surface area (Å²) in [6.07, 6.45) is 0.215. The molecule has 0 aromatic carbocycles. The van der Waals surface area contributed by atoms with Gasteiger partial charge in [-0.3, -0.25) is 0 Å². The lowest BCUT2D eigenvalue weighted by Gasteiger charge is -2.29. The van der Waals surface area contributed by atoms with Crippen molar-refractivity contribution in [2.75, 3.05) is 25.2 Å². The van der Waals surface area contributed by atoms with Gasteiger partial charge in [0.05, 0.1) is 0 Å². The minimum absolute atomic E-state index is 0.215. The monoisotopic (exact) mass is 165 g/mol. The molecule has 4 heteroatoms. The number of thiol groups is 1. The Kier molecular flexibility index (Phi) is 3.18. The van der Waals surface area contributed by atoms with E-state index in [1.54, 1.807) is 7.11 Å². The van der Waals surface area contributed by atoms with Crippen molar-refractivity contribution < 1.29 is 4.74 Å². The van der Waals surface area contributed by atoms with Crippen molar-refractivity contribution in [1.82, 2.24) is 4.31 Å². The van der Waals surface area contributed by atoms with E-state index in [0.29, 0.717) is 0 Å². The second-order valence-corrected chi connectivity index (χ2v) is 3.59. The van der Waals surface area contributed by atoms with Gasteiger partial charge in [0.25, 0.3) is 0 Å². The van der Waals surface area contributed by atoms with Crippen LogP contribution in [0.5, 0.6) is 0 Å². The van der Waals surface area contributed by atoms with Crippen molar-refractivity contribution in [1.29, 1.82) is 0 Å². The molecule has 0 aromatic heterocycles. The van der Waals surface area contributed by atoms with Gasteiger partial charge < -0.3 is 4.74 Å².